The predicted molar refractivity (Wildman–Crippen MR) is 58.4 cm³/mol. The van der Waals surface area contributed by atoms with Crippen molar-refractivity contribution in [1.82, 2.24) is 0 Å². The van der Waals surface area contributed by atoms with Gasteiger partial charge in [-0.05, 0) is 0 Å². The Kier molecular flexibility index (Phi) is 4.36. The molecule has 1 aliphatic rings. The number of isocyanates is 1. The number of aliphatic imine (C=N–C) groups is 1. The van der Waals surface area contributed by atoms with Gasteiger partial charge in [-0.2, -0.15) is 0 Å². The predicted octanol–water partition coefficient (Wildman–Crippen LogP) is -0.374. The van der Waals surface area contributed by atoms with Crippen LogP contribution in [0.5, 0.6) is 0 Å². The molecule has 88 valence electrons. The number of rotatable bonds is 3. The Morgan fingerprint density at radius 3 is 2.60 bits per heavy atom. The van der Waals surface area contributed by atoms with Crippen LogP contribution in [-0.2, 0) is 4.79 Å². The zero-order valence-electron chi connectivity index (χ0n) is 10.1. The molecule has 0 N–H and O–H groups in total. The van der Waals surface area contributed by atoms with Gasteiger partial charge in [0.15, 0.2) is 0 Å². The maximum absolute atomic E-state index is 10.4. The SMILES string of the molecule is C[I-]CC1(C)CC(N=C=O)CC(C)(C)C1. The van der Waals surface area contributed by atoms with E-state index in [9.17, 15) is 4.79 Å². The minimum absolute atomic E-state index is 0.215. The molecule has 1 aliphatic carbocycles. The van der Waals surface area contributed by atoms with Crippen molar-refractivity contribution in [2.45, 2.75) is 46.1 Å². The van der Waals surface area contributed by atoms with Crippen molar-refractivity contribution < 1.29 is 26.0 Å². The van der Waals surface area contributed by atoms with E-state index in [0.29, 0.717) is 32.0 Å². The van der Waals surface area contributed by atoms with E-state index in [1.165, 1.54) is 10.8 Å². The van der Waals surface area contributed by atoms with Gasteiger partial charge < -0.3 is 0 Å². The third-order valence-electron chi connectivity index (χ3n) is 3.11. The summed E-state index contributed by atoms with van der Waals surface area (Å²) in [6.45, 7) is 6.96. The number of alkyl halides is 2. The average Bonchev–Trinajstić information content (AvgIpc) is 1.99. The first-order valence-electron chi connectivity index (χ1n) is 5.42. The van der Waals surface area contributed by atoms with Crippen LogP contribution in [0.25, 0.3) is 0 Å². The van der Waals surface area contributed by atoms with Gasteiger partial charge in [-0.15, -0.1) is 0 Å². The molecule has 3 heteroatoms. The molecule has 0 aliphatic heterocycles. The fourth-order valence-corrected chi connectivity index (χ4v) is 5.59. The monoisotopic (exact) mass is 322 g/mol. The Morgan fingerprint density at radius 2 is 2.07 bits per heavy atom. The van der Waals surface area contributed by atoms with Gasteiger partial charge in [-0.25, -0.2) is 0 Å². The fraction of sp³-hybridized carbons (Fsp3) is 0.917. The summed E-state index contributed by atoms with van der Waals surface area (Å²) in [4.78, 5) is 16.7. The van der Waals surface area contributed by atoms with E-state index in [0.717, 1.165) is 12.8 Å². The molecule has 0 saturated heterocycles. The molecule has 0 bridgehead atoms. The molecule has 0 amide bonds. The van der Waals surface area contributed by atoms with Crippen molar-refractivity contribution in [3.8, 4) is 0 Å². The Morgan fingerprint density at radius 1 is 1.40 bits per heavy atom. The van der Waals surface area contributed by atoms with Crippen molar-refractivity contribution in [1.29, 1.82) is 0 Å². The zero-order valence-corrected chi connectivity index (χ0v) is 12.3. The molecular weight excluding hydrogens is 301 g/mol. The normalized spacial score (nSPS) is 34.8. The maximum atomic E-state index is 10.4. The van der Waals surface area contributed by atoms with E-state index in [-0.39, 0.29) is 6.04 Å². The van der Waals surface area contributed by atoms with Crippen molar-refractivity contribution >= 4 is 6.08 Å². The summed E-state index contributed by atoms with van der Waals surface area (Å²) in [5.74, 6) is 0. The van der Waals surface area contributed by atoms with Gasteiger partial charge in [0.05, 0.1) is 0 Å². The molecule has 0 spiro atoms. The van der Waals surface area contributed by atoms with Crippen molar-refractivity contribution in [3.05, 3.63) is 0 Å². The van der Waals surface area contributed by atoms with Crippen LogP contribution in [0.2, 0.25) is 0 Å². The van der Waals surface area contributed by atoms with Crippen LogP contribution >= 0.6 is 0 Å². The summed E-state index contributed by atoms with van der Waals surface area (Å²) in [5.41, 5.74) is 0.742. The molecule has 0 aromatic rings. The molecule has 0 radical (unpaired) electrons. The van der Waals surface area contributed by atoms with Crippen LogP contribution in [0.15, 0.2) is 4.99 Å². The van der Waals surface area contributed by atoms with Gasteiger partial charge in [0.25, 0.3) is 0 Å². The van der Waals surface area contributed by atoms with Crippen LogP contribution in [0, 0.1) is 10.8 Å². The summed E-state index contributed by atoms with van der Waals surface area (Å²) in [6, 6.07) is 0.215. The summed E-state index contributed by atoms with van der Waals surface area (Å²) < 4.78 is 1.35. The minimum atomic E-state index is 0.215. The second kappa shape index (κ2) is 4.96. The molecule has 2 atom stereocenters. The molecule has 0 aromatic carbocycles. The quantitative estimate of drug-likeness (QED) is 0.302. The fourth-order valence-electron chi connectivity index (χ4n) is 3.17. The topological polar surface area (TPSA) is 29.4 Å². The molecule has 1 saturated carbocycles. The second-order valence-corrected chi connectivity index (χ2v) is 8.12. The Bertz CT molecular complexity index is 271. The molecule has 1 fully saturated rings. The van der Waals surface area contributed by atoms with E-state index < -0.39 is 0 Å². The number of nitrogens with zero attached hydrogens (tertiary/aromatic N) is 1. The van der Waals surface area contributed by atoms with Crippen molar-refractivity contribution in [3.63, 3.8) is 0 Å². The van der Waals surface area contributed by atoms with Gasteiger partial charge in [-0.3, -0.25) is 0 Å². The Hall–Kier alpha value is 0.110. The molecule has 2 nitrogen and oxygen atoms in total. The summed E-state index contributed by atoms with van der Waals surface area (Å²) in [7, 11) is 0. The van der Waals surface area contributed by atoms with Gasteiger partial charge >= 0.3 is 103 Å². The van der Waals surface area contributed by atoms with Gasteiger partial charge in [-0.1, -0.05) is 0 Å². The summed E-state index contributed by atoms with van der Waals surface area (Å²) in [6.07, 6.45) is 5.14. The van der Waals surface area contributed by atoms with E-state index >= 15 is 0 Å². The molecule has 2 unspecified atom stereocenters. The second-order valence-electron chi connectivity index (χ2n) is 5.84. The first-order valence-corrected chi connectivity index (χ1v) is 9.10. The third kappa shape index (κ3) is 3.87. The Labute approximate surface area is 103 Å². The van der Waals surface area contributed by atoms with E-state index in [4.69, 9.17) is 0 Å². The van der Waals surface area contributed by atoms with Gasteiger partial charge in [0, 0.05) is 0 Å². The molecule has 1 rings (SSSR count). The molecular formula is C12H21INO-. The van der Waals surface area contributed by atoms with Crippen LogP contribution < -0.4 is 21.2 Å². The Balaban J connectivity index is 2.79. The first-order chi connectivity index (χ1) is 6.91. The van der Waals surface area contributed by atoms with Crippen LogP contribution in [0.4, 0.5) is 0 Å². The number of carbonyl (C=O) groups excluding carboxylic acids is 1. The molecule has 0 aromatic heterocycles. The average molecular weight is 322 g/mol. The summed E-state index contributed by atoms with van der Waals surface area (Å²) >= 11 is 0.321. The van der Waals surface area contributed by atoms with Crippen molar-refractivity contribution in [2.24, 2.45) is 15.8 Å². The van der Waals surface area contributed by atoms with Crippen LogP contribution in [-0.4, -0.2) is 21.5 Å². The summed E-state index contributed by atoms with van der Waals surface area (Å²) in [5, 5.41) is 0. The third-order valence-corrected chi connectivity index (χ3v) is 5.72. The van der Waals surface area contributed by atoms with E-state index in [1.54, 1.807) is 6.08 Å². The standard InChI is InChI=1S/C12H21INO/c1-11(2)5-10(14-9-15)6-12(3,7-11)8-13-4/h10H,5-8H2,1-4H3/q-1. The first kappa shape index (κ1) is 13.2. The van der Waals surface area contributed by atoms with Gasteiger partial charge in [0.2, 0.25) is 0 Å². The molecule has 0 heterocycles. The molecule has 15 heavy (non-hydrogen) atoms. The number of hydrogen-bond donors (Lipinski definition) is 0. The van der Waals surface area contributed by atoms with Crippen LogP contribution in [0.3, 0.4) is 0 Å². The van der Waals surface area contributed by atoms with E-state index in [1.807, 2.05) is 0 Å². The number of hydrogen-bond acceptors (Lipinski definition) is 2. The van der Waals surface area contributed by atoms with Crippen LogP contribution in [0.1, 0.15) is 40.0 Å². The zero-order chi connectivity index (χ0) is 11.5. The van der Waals surface area contributed by atoms with E-state index in [2.05, 4.69) is 30.7 Å². The van der Waals surface area contributed by atoms with Gasteiger partial charge in [0.1, 0.15) is 0 Å². The van der Waals surface area contributed by atoms with Crippen molar-refractivity contribution in [2.75, 3.05) is 9.36 Å². The number of halogens is 1.